The first-order valence-electron chi connectivity index (χ1n) is 9.04. The number of nitrogens with zero attached hydrogens (tertiary/aromatic N) is 2. The van der Waals surface area contributed by atoms with Crippen molar-refractivity contribution in [3.8, 4) is 0 Å². The van der Waals surface area contributed by atoms with Crippen LogP contribution in [0.25, 0.3) is 10.9 Å². The van der Waals surface area contributed by atoms with Gasteiger partial charge in [0.1, 0.15) is 6.54 Å². The highest BCUT2D eigenvalue weighted by molar-refractivity contribution is 6.04. The molecular formula is C20H19N5O5. The summed E-state index contributed by atoms with van der Waals surface area (Å²) >= 11 is 0. The lowest BCUT2D eigenvalue weighted by atomic mass is 10.1. The average molecular weight is 409 g/mol. The second kappa shape index (κ2) is 8.86. The molecular weight excluding hydrogens is 390 g/mol. The molecule has 0 unspecified atom stereocenters. The van der Waals surface area contributed by atoms with Gasteiger partial charge in [0, 0.05) is 42.2 Å². The van der Waals surface area contributed by atoms with Crippen LogP contribution in [0, 0.1) is 10.1 Å². The molecule has 1 aromatic heterocycles. The molecule has 10 heteroatoms. The lowest BCUT2D eigenvalue weighted by Gasteiger charge is -2.12. The van der Waals surface area contributed by atoms with E-state index in [1.165, 1.54) is 12.1 Å². The van der Waals surface area contributed by atoms with Gasteiger partial charge in [0.2, 0.25) is 11.8 Å². The lowest BCUT2D eigenvalue weighted by Crippen LogP contribution is -2.29. The smallest absolute Gasteiger partial charge is 0.270 e. The van der Waals surface area contributed by atoms with Gasteiger partial charge in [0.15, 0.2) is 0 Å². The quantitative estimate of drug-likeness (QED) is 0.383. The predicted molar refractivity (Wildman–Crippen MR) is 110 cm³/mol. The van der Waals surface area contributed by atoms with Gasteiger partial charge in [-0.3, -0.25) is 24.5 Å². The molecule has 0 radical (unpaired) electrons. The number of para-hydroxylation sites is 1. The van der Waals surface area contributed by atoms with Crippen LogP contribution in [-0.2, 0) is 16.1 Å². The average Bonchev–Trinajstić information content (AvgIpc) is 3.09. The topological polar surface area (TPSA) is 149 Å². The molecule has 2 aromatic carbocycles. The molecule has 0 saturated carbocycles. The van der Waals surface area contributed by atoms with Gasteiger partial charge in [-0.1, -0.05) is 12.1 Å². The molecule has 0 saturated heterocycles. The molecule has 0 bridgehead atoms. The fraction of sp³-hybridized carbons (Fsp3) is 0.150. The number of nitrogens with two attached hydrogens (primary N) is 1. The van der Waals surface area contributed by atoms with E-state index in [-0.39, 0.29) is 36.7 Å². The second-order valence-electron chi connectivity index (χ2n) is 6.51. The summed E-state index contributed by atoms with van der Waals surface area (Å²) in [5.41, 5.74) is 6.28. The summed E-state index contributed by atoms with van der Waals surface area (Å²) in [4.78, 5) is 46.1. The van der Waals surface area contributed by atoms with Gasteiger partial charge in [-0.05, 0) is 24.3 Å². The van der Waals surface area contributed by atoms with Gasteiger partial charge >= 0.3 is 0 Å². The van der Waals surface area contributed by atoms with E-state index in [9.17, 15) is 24.5 Å². The van der Waals surface area contributed by atoms with Crippen LogP contribution < -0.4 is 16.4 Å². The summed E-state index contributed by atoms with van der Waals surface area (Å²) in [5, 5.41) is 16.8. The van der Waals surface area contributed by atoms with Gasteiger partial charge in [-0.15, -0.1) is 0 Å². The number of nitro benzene ring substituents is 1. The highest BCUT2D eigenvalue weighted by atomic mass is 16.6. The number of fused-ring (bicyclic) bond motifs is 1. The number of benzene rings is 2. The number of amides is 3. The SMILES string of the molecule is NC(=O)CCNC(=O)c1ccccc1NC(=O)Cn1ccc2cc([N+](=O)[O-])ccc21. The number of hydrogen-bond acceptors (Lipinski definition) is 5. The Balaban J connectivity index is 1.71. The summed E-state index contributed by atoms with van der Waals surface area (Å²) in [6.45, 7) is 0.0525. The number of anilines is 1. The van der Waals surface area contributed by atoms with E-state index in [0.29, 0.717) is 16.6 Å². The highest BCUT2D eigenvalue weighted by Crippen LogP contribution is 2.22. The maximum atomic E-state index is 12.5. The van der Waals surface area contributed by atoms with Gasteiger partial charge in [-0.2, -0.15) is 0 Å². The molecule has 30 heavy (non-hydrogen) atoms. The molecule has 0 aliphatic heterocycles. The first-order valence-corrected chi connectivity index (χ1v) is 9.04. The van der Waals surface area contributed by atoms with Crippen LogP contribution in [-0.4, -0.2) is 33.8 Å². The minimum absolute atomic E-state index is 0.0130. The Labute approximate surface area is 170 Å². The fourth-order valence-corrected chi connectivity index (χ4v) is 2.97. The number of carbonyl (C=O) groups is 3. The molecule has 0 atom stereocenters. The Morgan fingerprint density at radius 2 is 1.87 bits per heavy atom. The second-order valence-corrected chi connectivity index (χ2v) is 6.51. The number of nitro groups is 1. The minimum Gasteiger partial charge on any atom is -0.370 e. The van der Waals surface area contributed by atoms with Gasteiger partial charge in [0.25, 0.3) is 11.6 Å². The van der Waals surface area contributed by atoms with Crippen molar-refractivity contribution in [1.82, 2.24) is 9.88 Å². The summed E-state index contributed by atoms with van der Waals surface area (Å²) < 4.78 is 1.66. The van der Waals surface area contributed by atoms with Crippen LogP contribution in [0.5, 0.6) is 0 Å². The Morgan fingerprint density at radius 1 is 1.10 bits per heavy atom. The summed E-state index contributed by atoms with van der Waals surface area (Å²) in [6, 6.07) is 12.6. The lowest BCUT2D eigenvalue weighted by molar-refractivity contribution is -0.384. The van der Waals surface area contributed by atoms with E-state index in [1.54, 1.807) is 47.2 Å². The molecule has 154 valence electrons. The third kappa shape index (κ3) is 4.79. The molecule has 0 spiro atoms. The Hall–Kier alpha value is -4.21. The van der Waals surface area contributed by atoms with Crippen molar-refractivity contribution >= 4 is 40.0 Å². The predicted octanol–water partition coefficient (Wildman–Crippen LogP) is 1.79. The Morgan fingerprint density at radius 3 is 2.60 bits per heavy atom. The van der Waals surface area contributed by atoms with Crippen LogP contribution in [0.3, 0.4) is 0 Å². The molecule has 1 heterocycles. The van der Waals surface area contributed by atoms with E-state index < -0.39 is 16.7 Å². The minimum atomic E-state index is -0.527. The first kappa shape index (κ1) is 20.5. The number of carbonyl (C=O) groups excluding carboxylic acids is 3. The zero-order valence-corrected chi connectivity index (χ0v) is 15.8. The van der Waals surface area contributed by atoms with E-state index >= 15 is 0 Å². The number of nitrogens with one attached hydrogen (secondary N) is 2. The van der Waals surface area contributed by atoms with Gasteiger partial charge in [-0.25, -0.2) is 0 Å². The number of hydrogen-bond donors (Lipinski definition) is 3. The van der Waals surface area contributed by atoms with Crippen molar-refractivity contribution in [3.63, 3.8) is 0 Å². The highest BCUT2D eigenvalue weighted by Gasteiger charge is 2.15. The van der Waals surface area contributed by atoms with Crippen molar-refractivity contribution in [2.75, 3.05) is 11.9 Å². The third-order valence-corrected chi connectivity index (χ3v) is 4.38. The molecule has 3 aromatic rings. The number of non-ortho nitro benzene ring substituents is 1. The van der Waals surface area contributed by atoms with Crippen molar-refractivity contribution in [1.29, 1.82) is 0 Å². The summed E-state index contributed by atoms with van der Waals surface area (Å²) in [6.07, 6.45) is 1.68. The Kier molecular flexibility index (Phi) is 6.06. The zero-order chi connectivity index (χ0) is 21.7. The summed E-state index contributed by atoms with van der Waals surface area (Å²) in [7, 11) is 0. The van der Waals surface area contributed by atoms with Crippen LogP contribution in [0.1, 0.15) is 16.8 Å². The molecule has 3 rings (SSSR count). The molecule has 0 aliphatic rings. The largest absolute Gasteiger partial charge is 0.370 e. The van der Waals surface area contributed by atoms with Crippen LogP contribution in [0.4, 0.5) is 11.4 Å². The molecule has 4 N–H and O–H groups in total. The van der Waals surface area contributed by atoms with E-state index in [0.717, 1.165) is 0 Å². The normalized spacial score (nSPS) is 10.5. The maximum Gasteiger partial charge on any atom is 0.270 e. The monoisotopic (exact) mass is 409 g/mol. The summed E-state index contributed by atoms with van der Waals surface area (Å²) in [5.74, 6) is -1.34. The Bertz CT molecular complexity index is 1140. The maximum absolute atomic E-state index is 12.5. The van der Waals surface area contributed by atoms with Crippen molar-refractivity contribution in [3.05, 3.63) is 70.4 Å². The molecule has 0 aliphatic carbocycles. The van der Waals surface area contributed by atoms with Crippen molar-refractivity contribution in [2.45, 2.75) is 13.0 Å². The molecule has 10 nitrogen and oxygen atoms in total. The fourth-order valence-electron chi connectivity index (χ4n) is 2.97. The van der Waals surface area contributed by atoms with Gasteiger partial charge < -0.3 is 20.9 Å². The number of primary amides is 1. The molecule has 0 fully saturated rings. The van der Waals surface area contributed by atoms with Crippen LogP contribution >= 0.6 is 0 Å². The first-order chi connectivity index (χ1) is 14.3. The zero-order valence-electron chi connectivity index (χ0n) is 15.8. The van der Waals surface area contributed by atoms with Gasteiger partial charge in [0.05, 0.1) is 16.2 Å². The van der Waals surface area contributed by atoms with Crippen molar-refractivity contribution in [2.24, 2.45) is 5.73 Å². The standard InChI is InChI=1S/C20H19N5O5/c21-18(26)7-9-22-20(28)15-3-1-2-4-16(15)23-19(27)12-24-10-8-13-11-14(25(29)30)5-6-17(13)24/h1-6,8,10-11H,7,9,12H2,(H2,21,26)(H,22,28)(H,23,27). The van der Waals surface area contributed by atoms with Crippen molar-refractivity contribution < 1.29 is 19.3 Å². The number of rotatable bonds is 8. The number of aromatic nitrogens is 1. The van der Waals surface area contributed by atoms with E-state index in [4.69, 9.17) is 5.73 Å². The van der Waals surface area contributed by atoms with E-state index in [2.05, 4.69) is 10.6 Å². The van der Waals surface area contributed by atoms with E-state index in [1.807, 2.05) is 0 Å². The van der Waals surface area contributed by atoms with Crippen LogP contribution in [0.15, 0.2) is 54.7 Å². The third-order valence-electron chi connectivity index (χ3n) is 4.38. The van der Waals surface area contributed by atoms with Crippen LogP contribution in [0.2, 0.25) is 0 Å². The molecule has 3 amide bonds.